The predicted octanol–water partition coefficient (Wildman–Crippen LogP) is 4.29. The molecule has 3 rings (SSSR count). The second-order valence-corrected chi connectivity index (χ2v) is 7.69. The molecule has 3 aromatic rings. The molecule has 0 heterocycles. The maximum absolute atomic E-state index is 12.8. The molecule has 0 unspecified atom stereocenters. The molecule has 34 heavy (non-hydrogen) atoms. The Hall–Kier alpha value is -4.33. The van der Waals surface area contributed by atoms with E-state index < -0.39 is 23.9 Å². The van der Waals surface area contributed by atoms with Crippen molar-refractivity contribution in [3.63, 3.8) is 0 Å². The van der Waals surface area contributed by atoms with Crippen molar-refractivity contribution in [1.82, 2.24) is 5.32 Å². The first-order valence-electron chi connectivity index (χ1n) is 10.8. The van der Waals surface area contributed by atoms with Gasteiger partial charge in [0.15, 0.2) is 0 Å². The third kappa shape index (κ3) is 7.98. The van der Waals surface area contributed by atoms with Crippen LogP contribution in [0.5, 0.6) is 11.5 Å². The topological polar surface area (TPSA) is 120 Å². The fraction of sp³-hybridized carbons (Fsp3) is 0.192. The lowest BCUT2D eigenvalue weighted by atomic mass is 10.1. The summed E-state index contributed by atoms with van der Waals surface area (Å²) in [6.07, 6.45) is -0.799. The highest BCUT2D eigenvalue weighted by molar-refractivity contribution is 5.96. The summed E-state index contributed by atoms with van der Waals surface area (Å²) in [7, 11) is 0. The monoisotopic (exact) mass is 461 g/mol. The fourth-order valence-electron chi connectivity index (χ4n) is 3.04. The highest BCUT2D eigenvalue weighted by Gasteiger charge is 2.22. The number of aryl methyl sites for hydroxylation is 1. The lowest BCUT2D eigenvalue weighted by Gasteiger charge is -2.18. The molecule has 0 saturated heterocycles. The Morgan fingerprint density at radius 3 is 2.12 bits per heavy atom. The molecule has 0 radical (unpaired) electrons. The van der Waals surface area contributed by atoms with Gasteiger partial charge in [-0.05, 0) is 55.3 Å². The Morgan fingerprint density at radius 2 is 1.50 bits per heavy atom. The molecule has 0 fully saturated rings. The normalized spacial score (nSPS) is 11.2. The summed E-state index contributed by atoms with van der Waals surface area (Å²) in [6, 6.07) is 22.6. The molecule has 176 valence electrons. The molecule has 8 nitrogen and oxygen atoms in total. The third-order valence-corrected chi connectivity index (χ3v) is 4.88. The largest absolute Gasteiger partial charge is 0.457 e. The van der Waals surface area contributed by atoms with Crippen LogP contribution in [0, 0.1) is 6.92 Å². The van der Waals surface area contributed by atoms with E-state index >= 15 is 0 Å². The van der Waals surface area contributed by atoms with E-state index in [4.69, 9.17) is 15.2 Å². The van der Waals surface area contributed by atoms with Gasteiger partial charge in [0, 0.05) is 12.1 Å². The van der Waals surface area contributed by atoms with Crippen molar-refractivity contribution < 1.29 is 23.9 Å². The van der Waals surface area contributed by atoms with E-state index in [1.54, 1.807) is 24.3 Å². The summed E-state index contributed by atoms with van der Waals surface area (Å²) in [5.41, 5.74) is 7.67. The molecule has 3 amide bonds. The zero-order chi connectivity index (χ0) is 24.3. The average Bonchev–Trinajstić information content (AvgIpc) is 2.83. The van der Waals surface area contributed by atoms with Crippen molar-refractivity contribution in [2.24, 2.45) is 5.73 Å². The van der Waals surface area contributed by atoms with Crippen molar-refractivity contribution in [3.05, 3.63) is 90.0 Å². The van der Waals surface area contributed by atoms with Crippen LogP contribution in [0.3, 0.4) is 0 Å². The summed E-state index contributed by atoms with van der Waals surface area (Å²) in [5, 5.41) is 5.23. The molecule has 8 heteroatoms. The van der Waals surface area contributed by atoms with Crippen molar-refractivity contribution >= 4 is 23.6 Å². The summed E-state index contributed by atoms with van der Waals surface area (Å²) >= 11 is 0. The number of carbonyl (C=O) groups excluding carboxylic acids is 3. The number of anilines is 1. The van der Waals surface area contributed by atoms with E-state index in [0.29, 0.717) is 17.2 Å². The minimum absolute atomic E-state index is 0.0379. The smallest absolute Gasteiger partial charge is 0.408 e. The molecule has 0 aliphatic rings. The first kappa shape index (κ1) is 24.3. The van der Waals surface area contributed by atoms with Crippen molar-refractivity contribution in [1.29, 1.82) is 0 Å². The van der Waals surface area contributed by atoms with Gasteiger partial charge in [-0.25, -0.2) is 4.79 Å². The minimum Gasteiger partial charge on any atom is -0.457 e. The van der Waals surface area contributed by atoms with Crippen LogP contribution in [0.25, 0.3) is 0 Å². The van der Waals surface area contributed by atoms with Gasteiger partial charge < -0.3 is 25.8 Å². The van der Waals surface area contributed by atoms with Crippen molar-refractivity contribution in [2.75, 3.05) is 5.32 Å². The first-order valence-corrected chi connectivity index (χ1v) is 10.8. The SMILES string of the molecule is Cc1ccc(Oc2ccc(NC(=O)[C@H](CCC(N)=O)NC(=O)OCc3ccccc3)cc2)cc1. The number of nitrogens with two attached hydrogens (primary N) is 1. The number of rotatable bonds is 10. The van der Waals surface area contributed by atoms with E-state index in [2.05, 4.69) is 10.6 Å². The molecule has 4 N–H and O–H groups in total. The first-order chi connectivity index (χ1) is 16.4. The molecule has 0 saturated carbocycles. The van der Waals surface area contributed by atoms with Gasteiger partial charge in [0.25, 0.3) is 0 Å². The maximum Gasteiger partial charge on any atom is 0.408 e. The molecule has 0 aliphatic heterocycles. The Kier molecular flexibility index (Phi) is 8.62. The van der Waals surface area contributed by atoms with E-state index in [9.17, 15) is 14.4 Å². The average molecular weight is 462 g/mol. The lowest BCUT2D eigenvalue weighted by molar-refractivity contribution is -0.119. The number of benzene rings is 3. The van der Waals surface area contributed by atoms with Crippen LogP contribution >= 0.6 is 0 Å². The second-order valence-electron chi connectivity index (χ2n) is 7.69. The molecule has 0 aliphatic carbocycles. The van der Waals surface area contributed by atoms with Gasteiger partial charge in [-0.2, -0.15) is 0 Å². The number of carbonyl (C=O) groups is 3. The maximum atomic E-state index is 12.8. The molecule has 3 aromatic carbocycles. The lowest BCUT2D eigenvalue weighted by Crippen LogP contribution is -2.44. The molecular formula is C26H27N3O5. The Bertz CT molecular complexity index is 1100. The van der Waals surface area contributed by atoms with Crippen LogP contribution in [0.2, 0.25) is 0 Å². The quantitative estimate of drug-likeness (QED) is 0.416. The summed E-state index contributed by atoms with van der Waals surface area (Å²) in [4.78, 5) is 36.2. The van der Waals surface area contributed by atoms with Crippen LogP contribution in [0.4, 0.5) is 10.5 Å². The van der Waals surface area contributed by atoms with Crippen LogP contribution in [-0.2, 0) is 20.9 Å². The summed E-state index contributed by atoms with van der Waals surface area (Å²) in [6.45, 7) is 2.05. The molecule has 0 spiro atoms. The van der Waals surface area contributed by atoms with E-state index in [1.165, 1.54) is 0 Å². The standard InChI is InChI=1S/C26H27N3O5/c1-18-7-11-21(12-8-18)34-22-13-9-20(10-14-22)28-25(31)23(15-16-24(27)30)29-26(32)33-17-19-5-3-2-4-6-19/h2-14,23H,15-17H2,1H3,(H2,27,30)(H,28,31)(H,29,32)/t23-/m0/s1. The van der Waals surface area contributed by atoms with E-state index in [1.807, 2.05) is 61.5 Å². The predicted molar refractivity (Wildman–Crippen MR) is 128 cm³/mol. The Morgan fingerprint density at radius 1 is 0.882 bits per heavy atom. The zero-order valence-electron chi connectivity index (χ0n) is 18.8. The Labute approximate surface area is 198 Å². The van der Waals surface area contributed by atoms with E-state index in [0.717, 1.165) is 11.1 Å². The van der Waals surface area contributed by atoms with Crippen LogP contribution in [0.15, 0.2) is 78.9 Å². The molecule has 0 bridgehead atoms. The van der Waals surface area contributed by atoms with Crippen molar-refractivity contribution in [3.8, 4) is 11.5 Å². The van der Waals surface area contributed by atoms with Gasteiger partial charge in [-0.3, -0.25) is 9.59 Å². The number of primary amides is 1. The second kappa shape index (κ2) is 12.1. The van der Waals surface area contributed by atoms with E-state index in [-0.39, 0.29) is 19.4 Å². The summed E-state index contributed by atoms with van der Waals surface area (Å²) in [5.74, 6) is 0.238. The molecular weight excluding hydrogens is 434 g/mol. The van der Waals surface area contributed by atoms with Gasteiger partial charge in [0.05, 0.1) is 0 Å². The summed E-state index contributed by atoms with van der Waals surface area (Å²) < 4.78 is 11.0. The van der Waals surface area contributed by atoms with Crippen LogP contribution < -0.4 is 21.1 Å². The van der Waals surface area contributed by atoms with Gasteiger partial charge in [-0.15, -0.1) is 0 Å². The zero-order valence-corrected chi connectivity index (χ0v) is 18.8. The van der Waals surface area contributed by atoms with Gasteiger partial charge in [0.2, 0.25) is 11.8 Å². The van der Waals surface area contributed by atoms with Gasteiger partial charge in [0.1, 0.15) is 24.1 Å². The van der Waals surface area contributed by atoms with Crippen LogP contribution in [0.1, 0.15) is 24.0 Å². The Balaban J connectivity index is 1.57. The fourth-order valence-corrected chi connectivity index (χ4v) is 3.04. The van der Waals surface area contributed by atoms with Gasteiger partial charge in [-0.1, -0.05) is 48.0 Å². The highest BCUT2D eigenvalue weighted by atomic mass is 16.5. The van der Waals surface area contributed by atoms with Gasteiger partial charge >= 0.3 is 6.09 Å². The number of amides is 3. The number of alkyl carbamates (subject to hydrolysis) is 1. The van der Waals surface area contributed by atoms with Crippen molar-refractivity contribution in [2.45, 2.75) is 32.4 Å². The molecule has 1 atom stereocenters. The highest BCUT2D eigenvalue weighted by Crippen LogP contribution is 2.23. The number of hydrogen-bond acceptors (Lipinski definition) is 5. The number of hydrogen-bond donors (Lipinski definition) is 3. The minimum atomic E-state index is -1.00. The number of ether oxygens (including phenoxy) is 2. The molecule has 0 aromatic heterocycles. The third-order valence-electron chi connectivity index (χ3n) is 4.88. The van der Waals surface area contributed by atoms with Crippen LogP contribution in [-0.4, -0.2) is 23.9 Å². The number of nitrogens with one attached hydrogen (secondary N) is 2.